The number of hydrogen-bond acceptors (Lipinski definition) is 5. The second-order valence-electron chi connectivity index (χ2n) is 6.95. The molecule has 1 aromatic carbocycles. The first-order chi connectivity index (χ1) is 13.4. The number of aryl methyl sites for hydroxylation is 1. The van der Waals surface area contributed by atoms with Gasteiger partial charge < -0.3 is 9.32 Å². The molecule has 0 saturated heterocycles. The highest BCUT2D eigenvalue weighted by molar-refractivity contribution is 6.10. The Labute approximate surface area is 159 Å². The van der Waals surface area contributed by atoms with Gasteiger partial charge in [0.15, 0.2) is 17.6 Å². The molecule has 0 N–H and O–H groups in total. The highest BCUT2D eigenvalue weighted by Gasteiger charge is 2.39. The van der Waals surface area contributed by atoms with Gasteiger partial charge in [-0.2, -0.15) is 0 Å². The number of furan rings is 1. The Kier molecular flexibility index (Phi) is 3.18. The van der Waals surface area contributed by atoms with Gasteiger partial charge in [-0.15, -0.1) is 0 Å². The van der Waals surface area contributed by atoms with E-state index in [0.29, 0.717) is 11.9 Å². The lowest BCUT2D eigenvalue weighted by Gasteiger charge is -2.31. The standard InChI is InChI=1S/C22H20N4O/c1-13(2)25-15(4)26(21-18(25)8-6-11-23-21)19-14(3)9-10-16-17-7-5-12-24-22(17)27-20(16)19/h5-13H,4H2,1-3H3/i13D. The first-order valence-corrected chi connectivity index (χ1v) is 8.89. The molecule has 0 bridgehead atoms. The van der Waals surface area contributed by atoms with E-state index in [9.17, 15) is 0 Å². The zero-order valence-electron chi connectivity index (χ0n) is 16.5. The zero-order chi connectivity index (χ0) is 19.6. The summed E-state index contributed by atoms with van der Waals surface area (Å²) < 4.78 is 14.8. The Morgan fingerprint density at radius 3 is 2.67 bits per heavy atom. The molecular formula is C22H20N4O. The van der Waals surface area contributed by atoms with Crippen molar-refractivity contribution >= 4 is 39.3 Å². The molecule has 5 heteroatoms. The van der Waals surface area contributed by atoms with Gasteiger partial charge in [0.05, 0.1) is 12.7 Å². The van der Waals surface area contributed by atoms with Crippen molar-refractivity contribution in [2.75, 3.05) is 9.80 Å². The van der Waals surface area contributed by atoms with Gasteiger partial charge in [-0.05, 0) is 57.5 Å². The molecule has 3 aromatic heterocycles. The molecule has 2 radical (unpaired) electrons. The van der Waals surface area contributed by atoms with E-state index in [1.54, 1.807) is 12.4 Å². The Morgan fingerprint density at radius 1 is 1.07 bits per heavy atom. The van der Waals surface area contributed by atoms with Crippen LogP contribution >= 0.6 is 0 Å². The molecule has 0 atom stereocenters. The molecule has 0 saturated carbocycles. The molecule has 4 aromatic rings. The Bertz CT molecular complexity index is 1210. The van der Waals surface area contributed by atoms with Gasteiger partial charge in [0.1, 0.15) is 0 Å². The first-order valence-electron chi connectivity index (χ1n) is 9.39. The quantitative estimate of drug-likeness (QED) is 0.482. The molecule has 5 rings (SSSR count). The second kappa shape index (κ2) is 5.71. The maximum Gasteiger partial charge on any atom is 0.227 e. The third-order valence-corrected chi connectivity index (χ3v) is 5.00. The Hall–Kier alpha value is -3.08. The third kappa shape index (κ3) is 2.17. The molecule has 4 heterocycles. The van der Waals surface area contributed by atoms with Gasteiger partial charge in [0.2, 0.25) is 5.71 Å². The number of anilines is 3. The summed E-state index contributed by atoms with van der Waals surface area (Å²) in [6.07, 6.45) is 4.17. The van der Waals surface area contributed by atoms with Crippen LogP contribution in [0.15, 0.2) is 53.2 Å². The first kappa shape index (κ1) is 15.0. The lowest BCUT2D eigenvalue weighted by atomic mass is 10.1. The van der Waals surface area contributed by atoms with E-state index in [0.717, 1.165) is 39.1 Å². The van der Waals surface area contributed by atoms with E-state index < -0.39 is 6.02 Å². The van der Waals surface area contributed by atoms with Crippen LogP contribution in [-0.4, -0.2) is 16.0 Å². The van der Waals surface area contributed by atoms with Crippen molar-refractivity contribution in [2.45, 2.75) is 26.8 Å². The van der Waals surface area contributed by atoms with Gasteiger partial charge in [0, 0.05) is 29.2 Å². The summed E-state index contributed by atoms with van der Waals surface area (Å²) in [5.41, 5.74) is 4.13. The summed E-state index contributed by atoms with van der Waals surface area (Å²) in [7, 11) is 0. The van der Waals surface area contributed by atoms with Crippen LogP contribution in [0.25, 0.3) is 22.1 Å². The molecule has 0 fully saturated rings. The highest BCUT2D eigenvalue weighted by Crippen LogP contribution is 2.50. The van der Waals surface area contributed by atoms with E-state index in [4.69, 9.17) is 5.79 Å². The highest BCUT2D eigenvalue weighted by atomic mass is 16.3. The maximum absolute atomic E-state index is 8.62. The Balaban J connectivity index is 1.82. The van der Waals surface area contributed by atoms with Crippen LogP contribution in [0.4, 0.5) is 17.2 Å². The number of nitrogens with zero attached hydrogens (tertiary/aromatic N) is 4. The average Bonchev–Trinajstić information content (AvgIpc) is 3.16. The van der Waals surface area contributed by atoms with Crippen molar-refractivity contribution in [3.63, 3.8) is 0 Å². The van der Waals surface area contributed by atoms with Crippen molar-refractivity contribution in [1.29, 1.82) is 0 Å². The molecule has 1 aliphatic heterocycles. The maximum atomic E-state index is 8.62. The minimum atomic E-state index is -0.888. The van der Waals surface area contributed by atoms with Gasteiger partial charge >= 0.3 is 0 Å². The summed E-state index contributed by atoms with van der Waals surface area (Å²) in [6, 6.07) is 11.0. The largest absolute Gasteiger partial charge is 0.435 e. The summed E-state index contributed by atoms with van der Waals surface area (Å²) in [5, 5.41) is 1.97. The van der Waals surface area contributed by atoms with E-state index in [-0.39, 0.29) is 0 Å². The van der Waals surface area contributed by atoms with Crippen molar-refractivity contribution in [2.24, 2.45) is 0 Å². The molecule has 5 nitrogen and oxygen atoms in total. The molecule has 0 spiro atoms. The fraction of sp³-hybridized carbons (Fsp3) is 0.182. The van der Waals surface area contributed by atoms with Crippen LogP contribution in [0.2, 0.25) is 0 Å². The van der Waals surface area contributed by atoms with E-state index >= 15 is 0 Å². The molecule has 0 aliphatic carbocycles. The van der Waals surface area contributed by atoms with Crippen LogP contribution in [0, 0.1) is 20.0 Å². The SMILES string of the molecule is [2H]C(C)(C)N1[C]([CH2])N(c2c(C)ccc3c2oc2ncccc23)c2ncccc21. The number of hydrogen-bond donors (Lipinski definition) is 0. The number of rotatable bonds is 2. The predicted octanol–water partition coefficient (Wildman–Crippen LogP) is 5.37. The molecule has 134 valence electrons. The predicted molar refractivity (Wildman–Crippen MR) is 109 cm³/mol. The summed E-state index contributed by atoms with van der Waals surface area (Å²) >= 11 is 0. The summed E-state index contributed by atoms with van der Waals surface area (Å²) in [4.78, 5) is 12.9. The zero-order valence-corrected chi connectivity index (χ0v) is 15.5. The van der Waals surface area contributed by atoms with E-state index in [1.165, 1.54) is 0 Å². The van der Waals surface area contributed by atoms with Crippen LogP contribution in [-0.2, 0) is 0 Å². The van der Waals surface area contributed by atoms with Crippen LogP contribution in [0.3, 0.4) is 0 Å². The number of aromatic nitrogens is 2. The van der Waals surface area contributed by atoms with E-state index in [1.807, 2.05) is 54.8 Å². The molecule has 1 aliphatic rings. The Morgan fingerprint density at radius 2 is 1.85 bits per heavy atom. The van der Waals surface area contributed by atoms with Crippen molar-refractivity contribution in [3.05, 3.63) is 67.4 Å². The van der Waals surface area contributed by atoms with Gasteiger partial charge in [-0.25, -0.2) is 9.97 Å². The molecule has 27 heavy (non-hydrogen) atoms. The molecule has 0 amide bonds. The fourth-order valence-electron chi connectivity index (χ4n) is 3.87. The average molecular weight is 357 g/mol. The monoisotopic (exact) mass is 357 g/mol. The molecule has 0 unspecified atom stereocenters. The van der Waals surface area contributed by atoms with Crippen molar-refractivity contribution in [1.82, 2.24) is 9.97 Å². The minimum Gasteiger partial charge on any atom is -0.435 e. The normalized spacial score (nSPS) is 15.6. The van der Waals surface area contributed by atoms with Gasteiger partial charge in [0.25, 0.3) is 0 Å². The van der Waals surface area contributed by atoms with Crippen LogP contribution < -0.4 is 9.80 Å². The summed E-state index contributed by atoms with van der Waals surface area (Å²) in [6.45, 7) is 10.0. The van der Waals surface area contributed by atoms with Gasteiger partial charge in [-0.1, -0.05) is 12.1 Å². The van der Waals surface area contributed by atoms with Crippen LogP contribution in [0.1, 0.15) is 20.8 Å². The number of fused-ring (bicyclic) bond motifs is 4. The fourth-order valence-corrected chi connectivity index (χ4v) is 3.87. The minimum absolute atomic E-state index is 0.605. The second-order valence-corrected chi connectivity index (χ2v) is 6.95. The third-order valence-electron chi connectivity index (χ3n) is 5.00. The van der Waals surface area contributed by atoms with Crippen molar-refractivity contribution < 1.29 is 5.79 Å². The lowest BCUT2D eigenvalue weighted by molar-refractivity contribution is 0.651. The lowest BCUT2D eigenvalue weighted by Crippen LogP contribution is -2.36. The molecular weight excluding hydrogens is 336 g/mol. The van der Waals surface area contributed by atoms with Crippen molar-refractivity contribution in [3.8, 4) is 0 Å². The van der Waals surface area contributed by atoms with Gasteiger partial charge in [-0.3, -0.25) is 4.90 Å². The smallest absolute Gasteiger partial charge is 0.227 e. The van der Waals surface area contributed by atoms with Crippen LogP contribution in [0.5, 0.6) is 0 Å². The number of benzene rings is 1. The number of pyridine rings is 2. The van der Waals surface area contributed by atoms with E-state index in [2.05, 4.69) is 29.0 Å². The topological polar surface area (TPSA) is 45.4 Å². The summed E-state index contributed by atoms with van der Waals surface area (Å²) in [5.74, 6) is 0.747.